The Morgan fingerprint density at radius 2 is 1.89 bits per heavy atom. The smallest absolute Gasteiger partial charge is 0.286 e. The number of halogens is 1. The van der Waals surface area contributed by atoms with Gasteiger partial charge < -0.3 is 10.6 Å². The van der Waals surface area contributed by atoms with Gasteiger partial charge in [0.2, 0.25) is 10.9 Å². The standard InChI is InChI=1S/C18H15BrN4O2S2/c19-13-6-4-5-12(9-13)10-20-15(24)11-26-18-23-22-17(27-18)16(25)21-14-7-2-1-3-8-14/h1-9H,10-11H2,(H,20,24)(H,21,25). The number of benzene rings is 2. The molecule has 2 amide bonds. The van der Waals surface area contributed by atoms with Crippen molar-refractivity contribution in [1.29, 1.82) is 0 Å². The van der Waals surface area contributed by atoms with Crippen LogP contribution in [0.3, 0.4) is 0 Å². The van der Waals surface area contributed by atoms with Gasteiger partial charge in [-0.3, -0.25) is 9.59 Å². The summed E-state index contributed by atoms with van der Waals surface area (Å²) in [7, 11) is 0. The van der Waals surface area contributed by atoms with Crippen molar-refractivity contribution in [1.82, 2.24) is 15.5 Å². The molecule has 0 bridgehead atoms. The Morgan fingerprint density at radius 3 is 2.67 bits per heavy atom. The quantitative estimate of drug-likeness (QED) is 0.519. The number of anilines is 1. The minimum Gasteiger partial charge on any atom is -0.351 e. The summed E-state index contributed by atoms with van der Waals surface area (Å²) in [6.45, 7) is 0.458. The van der Waals surface area contributed by atoms with Gasteiger partial charge in [0, 0.05) is 16.7 Å². The Balaban J connectivity index is 1.46. The number of rotatable bonds is 7. The number of carbonyl (C=O) groups is 2. The summed E-state index contributed by atoms with van der Waals surface area (Å²) in [5.74, 6) is -0.210. The maximum atomic E-state index is 12.2. The minimum absolute atomic E-state index is 0.106. The molecule has 0 saturated heterocycles. The average Bonchev–Trinajstić information content (AvgIpc) is 3.15. The first-order chi connectivity index (χ1) is 13.1. The van der Waals surface area contributed by atoms with Gasteiger partial charge in [-0.15, -0.1) is 10.2 Å². The molecule has 138 valence electrons. The molecule has 1 aromatic heterocycles. The predicted octanol–water partition coefficient (Wildman–Crippen LogP) is 3.96. The zero-order valence-electron chi connectivity index (χ0n) is 14.0. The molecule has 0 spiro atoms. The summed E-state index contributed by atoms with van der Waals surface area (Å²) in [4.78, 5) is 24.1. The number of nitrogens with one attached hydrogen (secondary N) is 2. The molecule has 0 atom stereocenters. The van der Waals surface area contributed by atoms with Gasteiger partial charge in [-0.25, -0.2) is 0 Å². The van der Waals surface area contributed by atoms with Crippen LogP contribution in [-0.2, 0) is 11.3 Å². The van der Waals surface area contributed by atoms with Crippen molar-refractivity contribution in [2.45, 2.75) is 10.9 Å². The van der Waals surface area contributed by atoms with Gasteiger partial charge in [0.05, 0.1) is 5.75 Å². The highest BCUT2D eigenvalue weighted by atomic mass is 79.9. The predicted molar refractivity (Wildman–Crippen MR) is 111 cm³/mol. The van der Waals surface area contributed by atoms with Crippen molar-refractivity contribution >= 4 is 56.5 Å². The van der Waals surface area contributed by atoms with Gasteiger partial charge in [0.15, 0.2) is 4.34 Å². The number of nitrogens with zero attached hydrogens (tertiary/aromatic N) is 2. The van der Waals surface area contributed by atoms with E-state index in [0.29, 0.717) is 16.6 Å². The summed E-state index contributed by atoms with van der Waals surface area (Å²) in [5, 5.41) is 13.7. The lowest BCUT2D eigenvalue weighted by molar-refractivity contribution is -0.118. The Kier molecular flexibility index (Phi) is 6.97. The van der Waals surface area contributed by atoms with E-state index >= 15 is 0 Å². The second-order valence-corrected chi connectivity index (χ2v) is 8.50. The van der Waals surface area contributed by atoms with E-state index in [1.807, 2.05) is 42.5 Å². The summed E-state index contributed by atoms with van der Waals surface area (Å²) in [6, 6.07) is 16.9. The van der Waals surface area contributed by atoms with E-state index in [9.17, 15) is 9.59 Å². The molecular formula is C18H15BrN4O2S2. The molecule has 0 aliphatic rings. The topological polar surface area (TPSA) is 84.0 Å². The van der Waals surface area contributed by atoms with E-state index in [1.165, 1.54) is 11.8 Å². The molecule has 9 heteroatoms. The van der Waals surface area contributed by atoms with Crippen molar-refractivity contribution in [3.05, 3.63) is 69.6 Å². The third-order valence-corrected chi connectivity index (χ3v) is 5.89. The zero-order valence-corrected chi connectivity index (χ0v) is 17.2. The number of hydrogen-bond donors (Lipinski definition) is 2. The maximum absolute atomic E-state index is 12.2. The SMILES string of the molecule is O=C(CSc1nnc(C(=O)Nc2ccccc2)s1)NCc1cccc(Br)c1. The molecule has 2 N–H and O–H groups in total. The first kappa shape index (κ1) is 19.5. The number of aromatic nitrogens is 2. The molecule has 27 heavy (non-hydrogen) atoms. The summed E-state index contributed by atoms with van der Waals surface area (Å²) in [5.41, 5.74) is 1.71. The Morgan fingerprint density at radius 1 is 1.07 bits per heavy atom. The summed E-state index contributed by atoms with van der Waals surface area (Å²) < 4.78 is 1.55. The number of hydrogen-bond acceptors (Lipinski definition) is 6. The zero-order chi connectivity index (χ0) is 19.1. The molecule has 0 radical (unpaired) electrons. The highest BCUT2D eigenvalue weighted by Crippen LogP contribution is 2.23. The van der Waals surface area contributed by atoms with Crippen LogP contribution in [0.5, 0.6) is 0 Å². The van der Waals surface area contributed by atoms with Crippen LogP contribution in [0.25, 0.3) is 0 Å². The number of amides is 2. The molecule has 2 aromatic carbocycles. The van der Waals surface area contributed by atoms with Crippen molar-refractivity contribution in [3.8, 4) is 0 Å². The molecule has 3 aromatic rings. The molecule has 3 rings (SSSR count). The van der Waals surface area contributed by atoms with Crippen molar-refractivity contribution in [3.63, 3.8) is 0 Å². The third-order valence-electron chi connectivity index (χ3n) is 3.34. The normalized spacial score (nSPS) is 10.4. The van der Waals surface area contributed by atoms with Crippen LogP contribution in [0.2, 0.25) is 0 Å². The molecule has 0 saturated carbocycles. The second-order valence-electron chi connectivity index (χ2n) is 5.39. The van der Waals surface area contributed by atoms with E-state index in [-0.39, 0.29) is 22.6 Å². The van der Waals surface area contributed by atoms with E-state index in [0.717, 1.165) is 21.4 Å². The number of para-hydroxylation sites is 1. The van der Waals surface area contributed by atoms with Gasteiger partial charge in [0.1, 0.15) is 0 Å². The lowest BCUT2D eigenvalue weighted by Crippen LogP contribution is -2.24. The number of thioether (sulfide) groups is 1. The van der Waals surface area contributed by atoms with E-state index < -0.39 is 0 Å². The van der Waals surface area contributed by atoms with Crippen molar-refractivity contribution in [2.24, 2.45) is 0 Å². The van der Waals surface area contributed by atoms with E-state index in [4.69, 9.17) is 0 Å². The summed E-state index contributed by atoms with van der Waals surface area (Å²) in [6.07, 6.45) is 0. The third kappa shape index (κ3) is 6.16. The molecule has 0 unspecified atom stereocenters. The van der Waals surface area contributed by atoms with Gasteiger partial charge >= 0.3 is 0 Å². The van der Waals surface area contributed by atoms with Crippen LogP contribution in [0.1, 0.15) is 15.4 Å². The van der Waals surface area contributed by atoms with E-state index in [2.05, 4.69) is 36.8 Å². The molecule has 6 nitrogen and oxygen atoms in total. The number of carbonyl (C=O) groups excluding carboxylic acids is 2. The fourth-order valence-corrected chi connectivity index (χ4v) is 4.12. The first-order valence-corrected chi connectivity index (χ1v) is 10.5. The van der Waals surface area contributed by atoms with Crippen molar-refractivity contribution < 1.29 is 9.59 Å². The highest BCUT2D eigenvalue weighted by Gasteiger charge is 2.14. The van der Waals surface area contributed by atoms with Crippen LogP contribution in [0.4, 0.5) is 5.69 Å². The van der Waals surface area contributed by atoms with Gasteiger partial charge in [-0.1, -0.05) is 69.4 Å². The molecule has 0 aliphatic heterocycles. The van der Waals surface area contributed by atoms with Crippen LogP contribution in [0, 0.1) is 0 Å². The lowest BCUT2D eigenvalue weighted by Gasteiger charge is -2.04. The Bertz CT molecular complexity index is 934. The van der Waals surface area contributed by atoms with Gasteiger partial charge in [-0.2, -0.15) is 0 Å². The molecule has 0 aliphatic carbocycles. The Hall–Kier alpha value is -2.23. The average molecular weight is 463 g/mol. The fourth-order valence-electron chi connectivity index (χ4n) is 2.09. The molecule has 1 heterocycles. The maximum Gasteiger partial charge on any atom is 0.286 e. The van der Waals surface area contributed by atoms with Crippen LogP contribution in [-0.4, -0.2) is 27.8 Å². The second kappa shape index (κ2) is 9.63. The lowest BCUT2D eigenvalue weighted by atomic mass is 10.2. The van der Waals surface area contributed by atoms with Gasteiger partial charge in [0.25, 0.3) is 5.91 Å². The van der Waals surface area contributed by atoms with Crippen molar-refractivity contribution in [2.75, 3.05) is 11.1 Å². The highest BCUT2D eigenvalue weighted by molar-refractivity contribution is 9.10. The van der Waals surface area contributed by atoms with Crippen LogP contribution in [0.15, 0.2) is 63.4 Å². The summed E-state index contributed by atoms with van der Waals surface area (Å²) >= 11 is 5.82. The van der Waals surface area contributed by atoms with Gasteiger partial charge in [-0.05, 0) is 29.8 Å². The Labute approximate surface area is 172 Å². The van der Waals surface area contributed by atoms with Crippen LogP contribution < -0.4 is 10.6 Å². The van der Waals surface area contributed by atoms with Crippen LogP contribution >= 0.6 is 39.0 Å². The minimum atomic E-state index is -0.315. The molecule has 0 fully saturated rings. The first-order valence-electron chi connectivity index (χ1n) is 7.94. The monoisotopic (exact) mass is 462 g/mol. The largest absolute Gasteiger partial charge is 0.351 e. The van der Waals surface area contributed by atoms with E-state index in [1.54, 1.807) is 12.1 Å². The molecular weight excluding hydrogens is 448 g/mol. The fraction of sp³-hybridized carbons (Fsp3) is 0.111.